The van der Waals surface area contributed by atoms with Gasteiger partial charge in [-0.2, -0.15) is 0 Å². The van der Waals surface area contributed by atoms with Gasteiger partial charge in [0.05, 0.1) is 24.2 Å². The Morgan fingerprint density at radius 1 is 1.11 bits per heavy atom. The fraction of sp³-hybridized carbons (Fsp3) is 0.692. The molecule has 192 valence electrons. The van der Waals surface area contributed by atoms with Crippen LogP contribution in [0.2, 0.25) is 0 Å². The van der Waals surface area contributed by atoms with Crippen LogP contribution in [0.5, 0.6) is 11.6 Å². The van der Waals surface area contributed by atoms with Crippen molar-refractivity contribution in [3.8, 4) is 11.6 Å². The summed E-state index contributed by atoms with van der Waals surface area (Å²) in [6, 6.07) is 5.67. The molecular weight excluding hydrogens is 452 g/mol. The second-order valence-electron chi connectivity index (χ2n) is 10.4. The third-order valence-electron chi connectivity index (χ3n) is 7.96. The van der Waals surface area contributed by atoms with Crippen molar-refractivity contribution in [1.29, 1.82) is 0 Å². The van der Waals surface area contributed by atoms with Gasteiger partial charge in [0.2, 0.25) is 0 Å². The molecule has 0 amide bonds. The molecule has 2 aliphatic heterocycles. The van der Waals surface area contributed by atoms with E-state index >= 15 is 0 Å². The molecule has 0 spiro atoms. The number of aliphatic carboxylic acids is 1. The minimum Gasteiger partial charge on any atom is -0.489 e. The molecule has 0 unspecified atom stereocenters. The number of aliphatic hydroxyl groups excluding tert-OH is 1. The Morgan fingerprint density at radius 2 is 1.86 bits per heavy atom. The zero-order chi connectivity index (χ0) is 24.3. The molecule has 9 nitrogen and oxygen atoms in total. The van der Waals surface area contributed by atoms with Crippen molar-refractivity contribution in [3.63, 3.8) is 0 Å². The number of carboxylic acids is 1. The van der Waals surface area contributed by atoms with E-state index in [4.69, 9.17) is 18.7 Å². The van der Waals surface area contributed by atoms with Crippen molar-refractivity contribution in [3.05, 3.63) is 18.2 Å². The van der Waals surface area contributed by atoms with Crippen LogP contribution in [0.4, 0.5) is 0 Å². The second kappa shape index (κ2) is 10.7. The van der Waals surface area contributed by atoms with Crippen LogP contribution >= 0.6 is 0 Å². The Hall–Kier alpha value is -2.36. The molecule has 0 bridgehead atoms. The molecule has 1 saturated carbocycles. The van der Waals surface area contributed by atoms with E-state index in [2.05, 4.69) is 10.1 Å². The molecule has 3 aliphatic rings. The van der Waals surface area contributed by atoms with Crippen molar-refractivity contribution in [1.82, 2.24) is 10.1 Å². The second-order valence-corrected chi connectivity index (χ2v) is 10.4. The molecule has 2 saturated heterocycles. The number of nitrogens with zero attached hydrogens (tertiary/aromatic N) is 2. The summed E-state index contributed by atoms with van der Waals surface area (Å²) < 4.78 is 23.3. The van der Waals surface area contributed by atoms with Gasteiger partial charge >= 0.3 is 5.97 Å². The highest BCUT2D eigenvalue weighted by Crippen LogP contribution is 2.37. The van der Waals surface area contributed by atoms with E-state index in [0.29, 0.717) is 62.3 Å². The number of fused-ring (bicyclic) bond motifs is 1. The lowest BCUT2D eigenvalue weighted by Gasteiger charge is -2.40. The number of hydrogen-bond acceptors (Lipinski definition) is 8. The van der Waals surface area contributed by atoms with Crippen LogP contribution in [0.3, 0.4) is 0 Å². The number of aromatic nitrogens is 1. The topological polar surface area (TPSA) is 114 Å². The normalized spacial score (nSPS) is 26.0. The largest absolute Gasteiger partial charge is 0.489 e. The number of hydrogen-bond donors (Lipinski definition) is 2. The van der Waals surface area contributed by atoms with Gasteiger partial charge in [-0.25, -0.2) is 0 Å². The molecule has 5 rings (SSSR count). The van der Waals surface area contributed by atoms with Crippen molar-refractivity contribution in [2.24, 2.45) is 11.3 Å². The van der Waals surface area contributed by atoms with Gasteiger partial charge in [-0.05, 0) is 87.7 Å². The lowest BCUT2D eigenvalue weighted by molar-refractivity contribution is -0.157. The quantitative estimate of drug-likeness (QED) is 0.576. The smallest absolute Gasteiger partial charge is 0.311 e. The number of piperidine rings is 1. The summed E-state index contributed by atoms with van der Waals surface area (Å²) in [4.78, 5) is 14.3. The highest BCUT2D eigenvalue weighted by Gasteiger charge is 2.42. The van der Waals surface area contributed by atoms with E-state index in [0.717, 1.165) is 57.0 Å². The maximum atomic E-state index is 12.0. The first-order chi connectivity index (χ1) is 17.0. The zero-order valence-electron chi connectivity index (χ0n) is 20.2. The average Bonchev–Trinajstić information content (AvgIpc) is 3.30. The summed E-state index contributed by atoms with van der Waals surface area (Å²) in [6.45, 7) is 3.91. The first-order valence-electron chi connectivity index (χ1n) is 12.9. The molecule has 3 fully saturated rings. The van der Waals surface area contributed by atoms with E-state index < -0.39 is 11.4 Å². The lowest BCUT2D eigenvalue weighted by Crippen LogP contribution is -2.49. The van der Waals surface area contributed by atoms with Gasteiger partial charge < -0.3 is 33.8 Å². The summed E-state index contributed by atoms with van der Waals surface area (Å²) in [5.74, 6) is 0.847. The van der Waals surface area contributed by atoms with Gasteiger partial charge in [0.15, 0.2) is 5.58 Å². The number of carboxylic acid groups (broad SMARTS) is 1. The highest BCUT2D eigenvalue weighted by molar-refractivity contribution is 5.88. The van der Waals surface area contributed by atoms with Crippen molar-refractivity contribution < 1.29 is 33.7 Å². The number of carbonyl (C=O) groups is 1. The average molecular weight is 489 g/mol. The minimum absolute atomic E-state index is 0.0703. The van der Waals surface area contributed by atoms with Crippen LogP contribution < -0.4 is 9.47 Å². The minimum atomic E-state index is -0.702. The maximum Gasteiger partial charge on any atom is 0.311 e. The van der Waals surface area contributed by atoms with E-state index in [9.17, 15) is 15.0 Å². The molecule has 0 radical (unpaired) electrons. The summed E-state index contributed by atoms with van der Waals surface area (Å²) in [7, 11) is 0. The lowest BCUT2D eigenvalue weighted by atomic mass is 9.79. The predicted molar refractivity (Wildman–Crippen MR) is 128 cm³/mol. The Kier molecular flexibility index (Phi) is 7.45. The molecule has 0 atom stereocenters. The van der Waals surface area contributed by atoms with Crippen LogP contribution in [0.25, 0.3) is 11.0 Å². The van der Waals surface area contributed by atoms with Crippen molar-refractivity contribution in [2.45, 2.75) is 63.6 Å². The summed E-state index contributed by atoms with van der Waals surface area (Å²) in [5.41, 5.74) is -0.0489. The molecule has 3 heterocycles. The number of benzene rings is 1. The van der Waals surface area contributed by atoms with E-state index in [1.807, 2.05) is 18.2 Å². The molecule has 9 heteroatoms. The van der Waals surface area contributed by atoms with E-state index in [-0.39, 0.29) is 12.2 Å². The number of ether oxygens (including phenoxy) is 3. The van der Waals surface area contributed by atoms with Gasteiger partial charge in [0.1, 0.15) is 11.1 Å². The highest BCUT2D eigenvalue weighted by atomic mass is 16.5. The van der Waals surface area contributed by atoms with Crippen molar-refractivity contribution in [2.75, 3.05) is 39.5 Å². The van der Waals surface area contributed by atoms with Crippen LogP contribution in [0, 0.1) is 11.3 Å². The number of likely N-dealkylation sites (tertiary alicyclic amines) is 1. The Labute approximate surface area is 205 Å². The molecule has 2 N–H and O–H groups in total. The molecule has 1 aliphatic carbocycles. The third kappa shape index (κ3) is 5.57. The number of rotatable bonds is 8. The maximum absolute atomic E-state index is 12.0. The van der Waals surface area contributed by atoms with Crippen LogP contribution in [0.1, 0.15) is 51.4 Å². The van der Waals surface area contributed by atoms with Gasteiger partial charge in [0, 0.05) is 19.8 Å². The Bertz CT molecular complexity index is 987. The summed E-state index contributed by atoms with van der Waals surface area (Å²) >= 11 is 0. The molecular formula is C26H36N2O7. The predicted octanol–water partition coefficient (Wildman–Crippen LogP) is 3.48. The van der Waals surface area contributed by atoms with Gasteiger partial charge in [0.25, 0.3) is 5.88 Å². The standard InChI is InChI=1S/C26H36N2O7/c29-19-4-6-20(7-5-19)34-21-2-1-3-22-23(21)24(27-35-22)33-16-18-8-12-28(13-9-18)17-26(25(30)31)10-14-32-15-11-26/h1-3,18-20,29H,4-17H2,(H,30,31). The SMILES string of the molecule is O=C(O)C1(CN2CCC(COc3noc4cccc(OC5CCC(O)CC5)c34)CC2)CCOCC1. The van der Waals surface area contributed by atoms with E-state index in [1.54, 1.807) is 0 Å². The fourth-order valence-electron chi connectivity index (χ4n) is 5.61. The van der Waals surface area contributed by atoms with Gasteiger partial charge in [-0.15, -0.1) is 0 Å². The first-order valence-corrected chi connectivity index (χ1v) is 12.9. The van der Waals surface area contributed by atoms with Gasteiger partial charge in [-0.3, -0.25) is 4.79 Å². The van der Waals surface area contributed by atoms with Crippen molar-refractivity contribution >= 4 is 16.9 Å². The van der Waals surface area contributed by atoms with Crippen LogP contribution in [-0.2, 0) is 9.53 Å². The zero-order valence-corrected chi connectivity index (χ0v) is 20.2. The molecule has 35 heavy (non-hydrogen) atoms. The third-order valence-corrected chi connectivity index (χ3v) is 7.96. The Balaban J connectivity index is 1.16. The van der Waals surface area contributed by atoms with Crippen LogP contribution in [0.15, 0.2) is 22.7 Å². The number of aliphatic hydroxyl groups is 1. The molecule has 1 aromatic carbocycles. The van der Waals surface area contributed by atoms with E-state index in [1.165, 1.54) is 0 Å². The summed E-state index contributed by atoms with van der Waals surface area (Å²) in [6.07, 6.45) is 6.08. The summed E-state index contributed by atoms with van der Waals surface area (Å²) in [5, 5.41) is 24.5. The first kappa shape index (κ1) is 24.3. The van der Waals surface area contributed by atoms with Crippen LogP contribution in [-0.4, -0.2) is 77.9 Å². The van der Waals surface area contributed by atoms with Gasteiger partial charge in [-0.1, -0.05) is 6.07 Å². The Morgan fingerprint density at radius 3 is 2.57 bits per heavy atom. The fourth-order valence-corrected chi connectivity index (χ4v) is 5.61. The monoisotopic (exact) mass is 488 g/mol. The molecule has 1 aromatic heterocycles. The molecule has 2 aromatic rings.